The molecule has 0 spiro atoms. The largest absolute Gasteiger partial charge is 0.345 e. The first-order valence-corrected chi connectivity index (χ1v) is 8.46. The van der Waals surface area contributed by atoms with Crippen molar-refractivity contribution in [2.45, 2.75) is 51.5 Å². The summed E-state index contributed by atoms with van der Waals surface area (Å²) in [5.74, 6) is 1.32. The molecule has 0 unspecified atom stereocenters. The first-order chi connectivity index (χ1) is 9.10. The summed E-state index contributed by atoms with van der Waals surface area (Å²) in [6, 6.07) is 2.04. The van der Waals surface area contributed by atoms with E-state index in [4.69, 9.17) is 11.6 Å². The van der Waals surface area contributed by atoms with Crippen molar-refractivity contribution in [3.05, 3.63) is 21.9 Å². The third-order valence-corrected chi connectivity index (χ3v) is 5.67. The van der Waals surface area contributed by atoms with Gasteiger partial charge in [0.1, 0.15) is 0 Å². The van der Waals surface area contributed by atoms with Gasteiger partial charge in [0.15, 0.2) is 0 Å². The highest BCUT2D eigenvalue weighted by molar-refractivity contribution is 7.12. The molecule has 1 saturated carbocycles. The normalized spacial score (nSPS) is 27.2. The zero-order chi connectivity index (χ0) is 13.9. The fourth-order valence-electron chi connectivity index (χ4n) is 2.72. The van der Waals surface area contributed by atoms with Gasteiger partial charge in [-0.1, -0.05) is 13.8 Å². The molecule has 1 aromatic rings. The summed E-state index contributed by atoms with van der Waals surface area (Å²) in [7, 11) is 0. The second-order valence-electron chi connectivity index (χ2n) is 5.68. The van der Waals surface area contributed by atoms with Crippen LogP contribution >= 0.6 is 22.9 Å². The van der Waals surface area contributed by atoms with Crippen LogP contribution in [0.5, 0.6) is 0 Å². The van der Waals surface area contributed by atoms with Crippen LogP contribution in [0.4, 0.5) is 0 Å². The molecule has 2 rings (SSSR count). The van der Waals surface area contributed by atoms with Crippen LogP contribution in [-0.2, 0) is 6.42 Å². The first kappa shape index (κ1) is 14.9. The lowest BCUT2D eigenvalue weighted by Crippen LogP contribution is -2.52. The van der Waals surface area contributed by atoms with Crippen LogP contribution in [0.2, 0.25) is 0 Å². The number of aryl methyl sites for hydroxylation is 1. The molecule has 1 N–H and O–H groups in total. The lowest BCUT2D eigenvalue weighted by Gasteiger charge is -2.38. The minimum Gasteiger partial charge on any atom is -0.345 e. The molecule has 106 valence electrons. The maximum absolute atomic E-state index is 12.4. The summed E-state index contributed by atoms with van der Waals surface area (Å²) in [6.07, 6.45) is 5.19. The highest BCUT2D eigenvalue weighted by atomic mass is 35.5. The van der Waals surface area contributed by atoms with E-state index < -0.39 is 0 Å². The van der Waals surface area contributed by atoms with Crippen molar-refractivity contribution in [3.63, 3.8) is 0 Å². The molecule has 0 atom stereocenters. The van der Waals surface area contributed by atoms with Gasteiger partial charge in [0, 0.05) is 5.88 Å². The summed E-state index contributed by atoms with van der Waals surface area (Å²) in [5, 5.41) is 5.21. The molecule has 1 fully saturated rings. The van der Waals surface area contributed by atoms with Crippen molar-refractivity contribution in [1.29, 1.82) is 0 Å². The minimum atomic E-state index is -0.194. The lowest BCUT2D eigenvalue weighted by atomic mass is 9.78. The smallest absolute Gasteiger partial charge is 0.262 e. The van der Waals surface area contributed by atoms with E-state index in [0.29, 0.717) is 5.88 Å². The second kappa shape index (κ2) is 6.27. The average molecular weight is 300 g/mol. The summed E-state index contributed by atoms with van der Waals surface area (Å²) in [4.78, 5) is 13.3. The van der Waals surface area contributed by atoms with Crippen LogP contribution in [-0.4, -0.2) is 17.3 Å². The van der Waals surface area contributed by atoms with Crippen LogP contribution in [0.1, 0.15) is 54.8 Å². The van der Waals surface area contributed by atoms with Gasteiger partial charge in [-0.15, -0.1) is 22.9 Å². The topological polar surface area (TPSA) is 29.1 Å². The standard InChI is InChI=1S/C15H22ClNOS/c1-3-12-6-9-19-13(12)14(18)17-15(10-16)7-4-11(2)5-8-15/h6,9,11H,3-5,7-8,10H2,1-2H3,(H,17,18). The number of hydrogen-bond acceptors (Lipinski definition) is 2. The van der Waals surface area contributed by atoms with Gasteiger partial charge in [0.25, 0.3) is 5.91 Å². The van der Waals surface area contributed by atoms with Crippen LogP contribution < -0.4 is 5.32 Å². The lowest BCUT2D eigenvalue weighted by molar-refractivity contribution is 0.0876. The quantitative estimate of drug-likeness (QED) is 0.828. The minimum absolute atomic E-state index is 0.0575. The maximum atomic E-state index is 12.4. The number of rotatable bonds is 4. The summed E-state index contributed by atoms with van der Waals surface area (Å²) >= 11 is 7.68. The molecule has 1 aromatic heterocycles. The summed E-state index contributed by atoms with van der Waals surface area (Å²) in [5.41, 5.74) is 0.941. The molecule has 1 aliphatic rings. The summed E-state index contributed by atoms with van der Waals surface area (Å²) in [6.45, 7) is 4.35. The highest BCUT2D eigenvalue weighted by Crippen LogP contribution is 2.33. The molecular formula is C15H22ClNOS. The van der Waals surface area contributed by atoms with E-state index in [2.05, 4.69) is 19.2 Å². The van der Waals surface area contributed by atoms with Gasteiger partial charge >= 0.3 is 0 Å². The van der Waals surface area contributed by atoms with Crippen molar-refractivity contribution in [2.75, 3.05) is 5.88 Å². The van der Waals surface area contributed by atoms with E-state index in [1.807, 2.05) is 11.4 Å². The van der Waals surface area contributed by atoms with E-state index >= 15 is 0 Å². The van der Waals surface area contributed by atoms with Crippen molar-refractivity contribution < 1.29 is 4.79 Å². The molecule has 1 aliphatic carbocycles. The molecule has 1 heterocycles. The molecule has 0 bridgehead atoms. The Kier molecular flexibility index (Phi) is 4.91. The number of carbonyl (C=O) groups excluding carboxylic acids is 1. The van der Waals surface area contributed by atoms with Crippen LogP contribution in [0.25, 0.3) is 0 Å². The van der Waals surface area contributed by atoms with E-state index in [-0.39, 0.29) is 11.4 Å². The number of halogens is 1. The monoisotopic (exact) mass is 299 g/mol. The third kappa shape index (κ3) is 3.32. The Morgan fingerprint density at radius 1 is 1.53 bits per heavy atom. The van der Waals surface area contributed by atoms with Crippen LogP contribution in [0.3, 0.4) is 0 Å². The first-order valence-electron chi connectivity index (χ1n) is 7.05. The SMILES string of the molecule is CCc1ccsc1C(=O)NC1(CCl)CCC(C)CC1. The number of alkyl halides is 1. The number of thiophene rings is 1. The predicted molar refractivity (Wildman–Crippen MR) is 82.2 cm³/mol. The van der Waals surface area contributed by atoms with Gasteiger partial charge in [-0.05, 0) is 55.0 Å². The van der Waals surface area contributed by atoms with E-state index in [1.54, 1.807) is 0 Å². The van der Waals surface area contributed by atoms with Gasteiger partial charge in [-0.2, -0.15) is 0 Å². The van der Waals surface area contributed by atoms with Crippen molar-refractivity contribution in [3.8, 4) is 0 Å². The van der Waals surface area contributed by atoms with Gasteiger partial charge in [0.2, 0.25) is 0 Å². The fourth-order valence-corrected chi connectivity index (χ4v) is 3.94. The Morgan fingerprint density at radius 3 is 2.79 bits per heavy atom. The van der Waals surface area contributed by atoms with Gasteiger partial charge in [-0.3, -0.25) is 4.79 Å². The third-order valence-electron chi connectivity index (χ3n) is 4.20. The van der Waals surface area contributed by atoms with Crippen molar-refractivity contribution in [2.24, 2.45) is 5.92 Å². The number of nitrogens with one attached hydrogen (secondary N) is 1. The molecule has 19 heavy (non-hydrogen) atoms. The molecule has 1 amide bonds. The Balaban J connectivity index is 2.08. The molecule has 4 heteroatoms. The highest BCUT2D eigenvalue weighted by Gasteiger charge is 2.35. The van der Waals surface area contributed by atoms with Crippen LogP contribution in [0, 0.1) is 5.92 Å². The van der Waals surface area contributed by atoms with Crippen LogP contribution in [0.15, 0.2) is 11.4 Å². The average Bonchev–Trinajstić information content (AvgIpc) is 2.90. The Bertz CT molecular complexity index is 435. The van der Waals surface area contributed by atoms with E-state index in [1.165, 1.54) is 11.3 Å². The van der Waals surface area contributed by atoms with Gasteiger partial charge in [-0.25, -0.2) is 0 Å². The Morgan fingerprint density at radius 2 is 2.21 bits per heavy atom. The van der Waals surface area contributed by atoms with Gasteiger partial charge in [0.05, 0.1) is 10.4 Å². The second-order valence-corrected chi connectivity index (χ2v) is 6.86. The zero-order valence-electron chi connectivity index (χ0n) is 11.7. The Labute approximate surface area is 124 Å². The molecule has 0 saturated heterocycles. The predicted octanol–water partition coefficient (Wildman–Crippen LogP) is 4.23. The summed E-state index contributed by atoms with van der Waals surface area (Å²) < 4.78 is 0. The van der Waals surface area contributed by atoms with E-state index in [0.717, 1.165) is 48.5 Å². The number of amides is 1. The number of hydrogen-bond donors (Lipinski definition) is 1. The molecule has 0 radical (unpaired) electrons. The van der Waals surface area contributed by atoms with E-state index in [9.17, 15) is 4.79 Å². The van der Waals surface area contributed by atoms with Crippen molar-refractivity contribution in [1.82, 2.24) is 5.32 Å². The molecular weight excluding hydrogens is 278 g/mol. The molecule has 0 aliphatic heterocycles. The fraction of sp³-hybridized carbons (Fsp3) is 0.667. The number of carbonyl (C=O) groups is 1. The Hall–Kier alpha value is -0.540. The maximum Gasteiger partial charge on any atom is 0.262 e. The van der Waals surface area contributed by atoms with Gasteiger partial charge < -0.3 is 5.32 Å². The zero-order valence-corrected chi connectivity index (χ0v) is 13.2. The molecule has 2 nitrogen and oxygen atoms in total. The van der Waals surface area contributed by atoms with Crippen molar-refractivity contribution >= 4 is 28.8 Å². The molecule has 0 aromatic carbocycles.